The maximum absolute atomic E-state index is 9.77. The third-order valence-electron chi connectivity index (χ3n) is 2.76. The quantitative estimate of drug-likeness (QED) is 0.688. The van der Waals surface area contributed by atoms with Gasteiger partial charge < -0.3 is 10.2 Å². The molecule has 2 N–H and O–H groups in total. The van der Waals surface area contributed by atoms with Crippen molar-refractivity contribution in [1.82, 2.24) is 0 Å². The molecule has 0 heterocycles. The number of aliphatic hydroxyl groups is 1. The van der Waals surface area contributed by atoms with Gasteiger partial charge in [-0.1, -0.05) is 12.1 Å². The van der Waals surface area contributed by atoms with Gasteiger partial charge in [0, 0.05) is 5.56 Å². The van der Waals surface area contributed by atoms with Crippen molar-refractivity contribution in [3.63, 3.8) is 0 Å². The van der Waals surface area contributed by atoms with Crippen LogP contribution in [0.15, 0.2) is 12.1 Å². The zero-order valence-corrected chi connectivity index (χ0v) is 7.58. The summed E-state index contributed by atoms with van der Waals surface area (Å²) in [4.78, 5) is 0. The van der Waals surface area contributed by atoms with Crippen molar-refractivity contribution in [2.75, 3.05) is 0 Å². The molecule has 2 rings (SSSR count). The van der Waals surface area contributed by atoms with Crippen LogP contribution >= 0.6 is 0 Å². The maximum Gasteiger partial charge on any atom is 0.124 e. The average Bonchev–Trinajstić information content (AvgIpc) is 2.19. The molecule has 0 fully saturated rings. The molecule has 2 nitrogen and oxygen atoms in total. The van der Waals surface area contributed by atoms with Crippen LogP contribution in [0.25, 0.3) is 0 Å². The van der Waals surface area contributed by atoms with E-state index in [0.717, 1.165) is 24.8 Å². The summed E-state index contributed by atoms with van der Waals surface area (Å²) >= 11 is 0. The number of phenols is 1. The van der Waals surface area contributed by atoms with Crippen LogP contribution in [0, 0.1) is 0 Å². The lowest BCUT2D eigenvalue weighted by Crippen LogP contribution is -2.04. The summed E-state index contributed by atoms with van der Waals surface area (Å²) < 4.78 is 0. The van der Waals surface area contributed by atoms with Crippen LogP contribution < -0.4 is 0 Å². The number of benzene rings is 1. The molecule has 0 unspecified atom stereocenters. The summed E-state index contributed by atoms with van der Waals surface area (Å²) in [6.45, 7) is -0.0703. The van der Waals surface area contributed by atoms with E-state index in [0.29, 0.717) is 11.3 Å². The Labute approximate surface area is 77.8 Å². The van der Waals surface area contributed by atoms with Gasteiger partial charge in [-0.25, -0.2) is 0 Å². The minimum Gasteiger partial charge on any atom is -0.507 e. The molecule has 0 atom stereocenters. The van der Waals surface area contributed by atoms with E-state index in [4.69, 9.17) is 5.11 Å². The van der Waals surface area contributed by atoms with Crippen molar-refractivity contribution in [3.8, 4) is 5.75 Å². The van der Waals surface area contributed by atoms with Gasteiger partial charge >= 0.3 is 0 Å². The number of rotatable bonds is 1. The van der Waals surface area contributed by atoms with Gasteiger partial charge in [-0.05, 0) is 36.8 Å². The van der Waals surface area contributed by atoms with E-state index >= 15 is 0 Å². The van der Waals surface area contributed by atoms with E-state index in [-0.39, 0.29) is 6.61 Å². The van der Waals surface area contributed by atoms with Crippen LogP contribution in [0.3, 0.4) is 0 Å². The van der Waals surface area contributed by atoms with Gasteiger partial charge in [-0.15, -0.1) is 0 Å². The van der Waals surface area contributed by atoms with Gasteiger partial charge in [0.15, 0.2) is 0 Å². The van der Waals surface area contributed by atoms with Crippen molar-refractivity contribution < 1.29 is 10.2 Å². The fraction of sp³-hybridized carbons (Fsp3) is 0.455. The molecule has 0 bridgehead atoms. The monoisotopic (exact) mass is 178 g/mol. The van der Waals surface area contributed by atoms with Gasteiger partial charge in [-0.3, -0.25) is 0 Å². The van der Waals surface area contributed by atoms with Crippen molar-refractivity contribution in [2.45, 2.75) is 32.3 Å². The second-order valence-corrected chi connectivity index (χ2v) is 3.58. The average molecular weight is 178 g/mol. The molecular weight excluding hydrogens is 164 g/mol. The van der Waals surface area contributed by atoms with Crippen LogP contribution in [-0.2, 0) is 19.4 Å². The first-order chi connectivity index (χ1) is 6.33. The molecular formula is C11H14O2. The van der Waals surface area contributed by atoms with Crippen LogP contribution in [0.4, 0.5) is 0 Å². The van der Waals surface area contributed by atoms with Crippen molar-refractivity contribution in [1.29, 1.82) is 0 Å². The Hall–Kier alpha value is -1.02. The minimum atomic E-state index is -0.0703. The fourth-order valence-electron chi connectivity index (χ4n) is 1.98. The second kappa shape index (κ2) is 3.38. The molecule has 1 aromatic rings. The predicted molar refractivity (Wildman–Crippen MR) is 50.7 cm³/mol. The molecule has 70 valence electrons. The summed E-state index contributed by atoms with van der Waals surface area (Å²) in [7, 11) is 0. The summed E-state index contributed by atoms with van der Waals surface area (Å²) in [6.07, 6.45) is 4.38. The first kappa shape index (κ1) is 8.57. The standard InChI is InChI=1S/C11H14O2/c12-7-9-6-5-8-3-1-2-4-10(8)11(9)13/h5-6,12-13H,1-4,7H2. The van der Waals surface area contributed by atoms with Crippen LogP contribution in [0.5, 0.6) is 5.75 Å². The summed E-state index contributed by atoms with van der Waals surface area (Å²) in [5.41, 5.74) is 2.96. The Kier molecular flexibility index (Phi) is 2.23. The Morgan fingerprint density at radius 2 is 1.92 bits per heavy atom. The summed E-state index contributed by atoms with van der Waals surface area (Å²) in [5, 5.41) is 18.7. The Bertz CT molecular complexity index is 318. The SMILES string of the molecule is OCc1ccc2c(c1O)CCCC2. The molecule has 0 amide bonds. The Morgan fingerprint density at radius 3 is 2.69 bits per heavy atom. The molecule has 0 spiro atoms. The zero-order valence-electron chi connectivity index (χ0n) is 7.58. The molecule has 1 aliphatic rings. The van der Waals surface area contributed by atoms with Gasteiger partial charge in [-0.2, -0.15) is 0 Å². The molecule has 0 aliphatic heterocycles. The Morgan fingerprint density at radius 1 is 1.15 bits per heavy atom. The van der Waals surface area contributed by atoms with Gasteiger partial charge in [0.05, 0.1) is 6.61 Å². The number of aryl methyl sites for hydroxylation is 1. The number of hydrogen-bond acceptors (Lipinski definition) is 2. The highest BCUT2D eigenvalue weighted by molar-refractivity contribution is 5.46. The maximum atomic E-state index is 9.77. The van der Waals surface area contributed by atoms with Crippen LogP contribution in [0.1, 0.15) is 29.5 Å². The largest absolute Gasteiger partial charge is 0.507 e. The predicted octanol–water partition coefficient (Wildman–Crippen LogP) is 1.76. The summed E-state index contributed by atoms with van der Waals surface area (Å²) in [6, 6.07) is 3.85. The van der Waals surface area contributed by atoms with E-state index in [2.05, 4.69) is 0 Å². The first-order valence-corrected chi connectivity index (χ1v) is 4.76. The molecule has 0 saturated carbocycles. The molecule has 13 heavy (non-hydrogen) atoms. The van der Waals surface area contributed by atoms with E-state index < -0.39 is 0 Å². The zero-order chi connectivity index (χ0) is 9.26. The van der Waals surface area contributed by atoms with Crippen molar-refractivity contribution in [2.24, 2.45) is 0 Å². The minimum absolute atomic E-state index is 0.0703. The third kappa shape index (κ3) is 1.42. The summed E-state index contributed by atoms with van der Waals surface area (Å²) in [5.74, 6) is 0.319. The van der Waals surface area contributed by atoms with Crippen molar-refractivity contribution in [3.05, 3.63) is 28.8 Å². The van der Waals surface area contributed by atoms with E-state index in [1.165, 1.54) is 12.0 Å². The first-order valence-electron chi connectivity index (χ1n) is 4.76. The second-order valence-electron chi connectivity index (χ2n) is 3.58. The van der Waals surface area contributed by atoms with E-state index in [1.54, 1.807) is 0 Å². The molecule has 0 aromatic heterocycles. The van der Waals surface area contributed by atoms with E-state index in [9.17, 15) is 5.11 Å². The lowest BCUT2D eigenvalue weighted by molar-refractivity contribution is 0.275. The third-order valence-corrected chi connectivity index (χ3v) is 2.76. The van der Waals surface area contributed by atoms with Crippen LogP contribution in [0.2, 0.25) is 0 Å². The van der Waals surface area contributed by atoms with Crippen LogP contribution in [-0.4, -0.2) is 10.2 Å². The highest BCUT2D eigenvalue weighted by Crippen LogP contribution is 2.31. The smallest absolute Gasteiger partial charge is 0.124 e. The Balaban J connectivity index is 2.48. The van der Waals surface area contributed by atoms with E-state index in [1.807, 2.05) is 12.1 Å². The highest BCUT2D eigenvalue weighted by atomic mass is 16.3. The normalized spacial score (nSPS) is 15.5. The molecule has 0 radical (unpaired) electrons. The topological polar surface area (TPSA) is 40.5 Å². The number of fused-ring (bicyclic) bond motifs is 1. The van der Waals surface area contributed by atoms with Crippen molar-refractivity contribution >= 4 is 0 Å². The lowest BCUT2D eigenvalue weighted by atomic mass is 9.89. The number of aromatic hydroxyl groups is 1. The highest BCUT2D eigenvalue weighted by Gasteiger charge is 2.14. The number of aliphatic hydroxyl groups excluding tert-OH is 1. The van der Waals surface area contributed by atoms with Gasteiger partial charge in [0.2, 0.25) is 0 Å². The lowest BCUT2D eigenvalue weighted by Gasteiger charge is -2.18. The molecule has 2 heteroatoms. The van der Waals surface area contributed by atoms with Gasteiger partial charge in [0.25, 0.3) is 0 Å². The van der Waals surface area contributed by atoms with Gasteiger partial charge in [0.1, 0.15) is 5.75 Å². The molecule has 1 aliphatic carbocycles. The molecule has 0 saturated heterocycles. The fourth-order valence-corrected chi connectivity index (χ4v) is 1.98. The number of hydrogen-bond donors (Lipinski definition) is 2. The molecule has 1 aromatic carbocycles.